The van der Waals surface area contributed by atoms with Crippen molar-refractivity contribution in [2.45, 2.75) is 6.92 Å². The zero-order valence-electron chi connectivity index (χ0n) is 6.19. The maximum Gasteiger partial charge on any atom is 0.0413 e. The van der Waals surface area contributed by atoms with E-state index in [1.165, 1.54) is 11.8 Å². The minimum absolute atomic E-state index is 0.676. The van der Waals surface area contributed by atoms with Crippen molar-refractivity contribution in [3.05, 3.63) is 26.8 Å². The zero-order valence-corrected chi connectivity index (χ0v) is 8.34. The van der Waals surface area contributed by atoms with Crippen LogP contribution in [0.15, 0.2) is 12.1 Å². The van der Waals surface area contributed by atoms with Gasteiger partial charge in [-0.05, 0) is 47.2 Å². The van der Waals surface area contributed by atoms with Gasteiger partial charge in [0.2, 0.25) is 0 Å². The molecule has 0 bridgehead atoms. The van der Waals surface area contributed by atoms with Gasteiger partial charge in [0.1, 0.15) is 0 Å². The van der Waals surface area contributed by atoms with Crippen molar-refractivity contribution in [3.8, 4) is 0 Å². The molecule has 0 amide bonds. The van der Waals surface area contributed by atoms with Gasteiger partial charge in [-0.1, -0.05) is 0 Å². The van der Waals surface area contributed by atoms with Crippen molar-refractivity contribution >= 4 is 34.5 Å². The normalized spacial score (nSPS) is 9.64. The van der Waals surface area contributed by atoms with Gasteiger partial charge in [0, 0.05) is 21.0 Å². The van der Waals surface area contributed by atoms with Crippen molar-refractivity contribution in [3.63, 3.8) is 0 Å². The molecule has 58 valence electrons. The van der Waals surface area contributed by atoms with Crippen LogP contribution in [-0.4, -0.2) is 6.21 Å². The van der Waals surface area contributed by atoms with Gasteiger partial charge < -0.3 is 11.1 Å². The second-order valence-electron chi connectivity index (χ2n) is 2.37. The van der Waals surface area contributed by atoms with Gasteiger partial charge >= 0.3 is 0 Å². The van der Waals surface area contributed by atoms with E-state index in [4.69, 9.17) is 11.1 Å². The fraction of sp³-hybridized carbons (Fsp3) is 0.125. The molecule has 3 heteroatoms. The van der Waals surface area contributed by atoms with E-state index in [1.54, 1.807) is 0 Å². The van der Waals surface area contributed by atoms with Gasteiger partial charge in [-0.15, -0.1) is 0 Å². The van der Waals surface area contributed by atoms with Gasteiger partial charge in [0.25, 0.3) is 0 Å². The van der Waals surface area contributed by atoms with Crippen molar-refractivity contribution in [1.29, 1.82) is 5.41 Å². The average molecular weight is 260 g/mol. The molecule has 2 nitrogen and oxygen atoms in total. The molecule has 3 N–H and O–H groups in total. The molecule has 0 saturated heterocycles. The fourth-order valence-corrected chi connectivity index (χ4v) is 1.34. The van der Waals surface area contributed by atoms with E-state index < -0.39 is 0 Å². The summed E-state index contributed by atoms with van der Waals surface area (Å²) in [5.74, 6) is 0. The Morgan fingerprint density at radius 3 is 2.73 bits per heavy atom. The lowest BCUT2D eigenvalue weighted by atomic mass is 10.1. The molecule has 0 aliphatic heterocycles. The van der Waals surface area contributed by atoms with Crippen molar-refractivity contribution in [2.75, 3.05) is 5.73 Å². The molecule has 0 radical (unpaired) electrons. The smallest absolute Gasteiger partial charge is 0.0413 e. The first kappa shape index (κ1) is 8.52. The molecule has 1 rings (SSSR count). The van der Waals surface area contributed by atoms with Crippen LogP contribution < -0.4 is 5.73 Å². The third-order valence-corrected chi connectivity index (χ3v) is 2.68. The van der Waals surface area contributed by atoms with Gasteiger partial charge in [0.15, 0.2) is 0 Å². The van der Waals surface area contributed by atoms with E-state index in [0.717, 1.165) is 9.13 Å². The number of rotatable bonds is 1. The first-order chi connectivity index (χ1) is 5.15. The lowest BCUT2D eigenvalue weighted by molar-refractivity contribution is 1.41. The third kappa shape index (κ3) is 1.71. The minimum atomic E-state index is 0.676. The summed E-state index contributed by atoms with van der Waals surface area (Å²) < 4.78 is 1.14. The summed E-state index contributed by atoms with van der Waals surface area (Å²) in [4.78, 5) is 0. The SMILES string of the molecule is Cc1cc(C=N)c(N)cc1I. The van der Waals surface area contributed by atoms with Crippen molar-refractivity contribution in [1.82, 2.24) is 0 Å². The molecule has 11 heavy (non-hydrogen) atoms. The van der Waals surface area contributed by atoms with Gasteiger partial charge in [-0.2, -0.15) is 0 Å². The van der Waals surface area contributed by atoms with Crippen molar-refractivity contribution in [2.24, 2.45) is 0 Å². The van der Waals surface area contributed by atoms with Gasteiger partial charge in [-0.25, -0.2) is 0 Å². The second-order valence-corrected chi connectivity index (χ2v) is 3.54. The summed E-state index contributed by atoms with van der Waals surface area (Å²) in [5.41, 5.74) is 8.28. The molecule has 0 saturated carbocycles. The Morgan fingerprint density at radius 1 is 1.55 bits per heavy atom. The maximum atomic E-state index is 7.04. The number of aryl methyl sites for hydroxylation is 1. The monoisotopic (exact) mass is 260 g/mol. The van der Waals surface area contributed by atoms with E-state index in [1.807, 2.05) is 19.1 Å². The quantitative estimate of drug-likeness (QED) is 0.454. The largest absolute Gasteiger partial charge is 0.398 e. The Labute approximate surface area is 79.4 Å². The number of halogens is 1. The molecule has 0 unspecified atom stereocenters. The summed E-state index contributed by atoms with van der Waals surface area (Å²) in [6, 6.07) is 3.81. The molecule has 1 aromatic carbocycles. The number of hydrogen-bond acceptors (Lipinski definition) is 2. The van der Waals surface area contributed by atoms with Crippen LogP contribution in [0, 0.1) is 15.9 Å². The molecule has 0 heterocycles. The van der Waals surface area contributed by atoms with E-state index >= 15 is 0 Å². The number of hydrogen-bond donors (Lipinski definition) is 2. The van der Waals surface area contributed by atoms with Crippen LogP contribution in [0.5, 0.6) is 0 Å². The molecule has 0 aromatic heterocycles. The predicted molar refractivity (Wildman–Crippen MR) is 56.2 cm³/mol. The van der Waals surface area contributed by atoms with Crippen LogP contribution in [0.25, 0.3) is 0 Å². The number of nitrogens with two attached hydrogens (primary N) is 1. The molecule has 0 atom stereocenters. The van der Waals surface area contributed by atoms with Crippen LogP contribution in [0.3, 0.4) is 0 Å². The summed E-state index contributed by atoms with van der Waals surface area (Å²) in [7, 11) is 0. The highest BCUT2D eigenvalue weighted by Crippen LogP contribution is 2.18. The third-order valence-electron chi connectivity index (χ3n) is 1.52. The zero-order chi connectivity index (χ0) is 8.43. The van der Waals surface area contributed by atoms with E-state index in [9.17, 15) is 0 Å². The van der Waals surface area contributed by atoms with Crippen LogP contribution in [0.1, 0.15) is 11.1 Å². The highest BCUT2D eigenvalue weighted by molar-refractivity contribution is 14.1. The lowest BCUT2D eigenvalue weighted by Crippen LogP contribution is -1.95. The molecule has 0 aliphatic carbocycles. The average Bonchev–Trinajstić information content (AvgIpc) is 1.97. The molecular formula is C8H9IN2. The maximum absolute atomic E-state index is 7.04. The molecule has 0 aliphatic rings. The summed E-state index contributed by atoms with van der Waals surface area (Å²) in [5, 5.41) is 7.04. The Balaban J connectivity index is 3.31. The number of nitrogens with one attached hydrogen (secondary N) is 1. The molecular weight excluding hydrogens is 251 g/mol. The molecule has 0 fully saturated rings. The number of nitrogen functional groups attached to an aromatic ring is 1. The summed E-state index contributed by atoms with van der Waals surface area (Å²) >= 11 is 2.23. The number of benzene rings is 1. The van der Waals surface area contributed by atoms with E-state index in [-0.39, 0.29) is 0 Å². The van der Waals surface area contributed by atoms with E-state index in [2.05, 4.69) is 22.6 Å². The highest BCUT2D eigenvalue weighted by Gasteiger charge is 1.99. The lowest BCUT2D eigenvalue weighted by Gasteiger charge is -2.02. The Bertz CT molecular complexity index is 294. The summed E-state index contributed by atoms with van der Waals surface area (Å²) in [6.07, 6.45) is 1.28. The Hall–Kier alpha value is -0.580. The standard InChI is InChI=1S/C8H9IN2/c1-5-2-6(4-10)8(11)3-7(5)9/h2-4,10H,11H2,1H3. The van der Waals surface area contributed by atoms with E-state index in [0.29, 0.717) is 5.69 Å². The minimum Gasteiger partial charge on any atom is -0.398 e. The molecule has 1 aromatic rings. The Morgan fingerprint density at radius 2 is 2.18 bits per heavy atom. The van der Waals surface area contributed by atoms with Crippen LogP contribution in [0.4, 0.5) is 5.69 Å². The molecule has 0 spiro atoms. The Kier molecular flexibility index (Phi) is 2.49. The predicted octanol–water partition coefficient (Wildman–Crippen LogP) is 2.18. The fourth-order valence-electron chi connectivity index (χ4n) is 0.844. The second kappa shape index (κ2) is 3.21. The highest BCUT2D eigenvalue weighted by atomic mass is 127. The first-order valence-corrected chi connectivity index (χ1v) is 4.29. The van der Waals surface area contributed by atoms with Crippen LogP contribution >= 0.6 is 22.6 Å². The van der Waals surface area contributed by atoms with Gasteiger partial charge in [0.05, 0.1) is 0 Å². The topological polar surface area (TPSA) is 49.9 Å². The number of anilines is 1. The first-order valence-electron chi connectivity index (χ1n) is 3.21. The van der Waals surface area contributed by atoms with Gasteiger partial charge in [-0.3, -0.25) is 0 Å². The van der Waals surface area contributed by atoms with Crippen LogP contribution in [-0.2, 0) is 0 Å². The summed E-state index contributed by atoms with van der Waals surface area (Å²) in [6.45, 7) is 2.01. The van der Waals surface area contributed by atoms with Crippen molar-refractivity contribution < 1.29 is 0 Å². The van der Waals surface area contributed by atoms with Crippen LogP contribution in [0.2, 0.25) is 0 Å².